The number of aryl methyl sites for hydroxylation is 1. The number of carbonyl (C=O) groups excluding carboxylic acids is 1. The Morgan fingerprint density at radius 1 is 1.03 bits per heavy atom. The topological polar surface area (TPSA) is 52.7 Å². The van der Waals surface area contributed by atoms with Gasteiger partial charge in [0, 0.05) is 34.7 Å². The zero-order valence-corrected chi connectivity index (χ0v) is 19.2. The number of carbonyl (C=O) groups is 1. The fraction of sp³-hybridized carbons (Fsp3) is 0.240. The first-order valence-electron chi connectivity index (χ1n) is 10.6. The molecule has 0 saturated heterocycles. The molecule has 0 unspecified atom stereocenters. The summed E-state index contributed by atoms with van der Waals surface area (Å²) in [6.45, 7) is 7.07. The molecule has 0 spiro atoms. The summed E-state index contributed by atoms with van der Waals surface area (Å²) in [5.41, 5.74) is 4.50. The molecule has 0 aliphatic carbocycles. The molecule has 7 heteroatoms. The van der Waals surface area contributed by atoms with Gasteiger partial charge in [0.05, 0.1) is 5.75 Å². The number of hydrogen-bond acceptors (Lipinski definition) is 4. The maximum Gasteiger partial charge on any atom is 0.196 e. The van der Waals surface area contributed by atoms with E-state index in [0.717, 1.165) is 41.2 Å². The summed E-state index contributed by atoms with van der Waals surface area (Å²) in [5.74, 6) is 0.620. The van der Waals surface area contributed by atoms with Crippen LogP contribution in [0.1, 0.15) is 35.1 Å². The van der Waals surface area contributed by atoms with Crippen molar-refractivity contribution in [1.82, 2.24) is 19.3 Å². The number of Topliss-reactive ketones (excluding diaryl/α,β-unsaturated/α-hetero) is 1. The minimum Gasteiger partial charge on any atom is -0.348 e. The zero-order valence-electron chi connectivity index (χ0n) is 18.4. The number of benzene rings is 2. The lowest BCUT2D eigenvalue weighted by atomic mass is 10.2. The lowest BCUT2D eigenvalue weighted by molar-refractivity contribution is 0.102. The molecule has 164 valence electrons. The van der Waals surface area contributed by atoms with Gasteiger partial charge in [-0.2, -0.15) is 0 Å². The van der Waals surface area contributed by atoms with Crippen LogP contribution in [0.25, 0.3) is 17.1 Å². The number of rotatable bonds is 8. The molecule has 0 N–H and O–H groups in total. The molecule has 0 atom stereocenters. The Kier molecular flexibility index (Phi) is 6.55. The van der Waals surface area contributed by atoms with Crippen LogP contribution in [0.5, 0.6) is 0 Å². The molecule has 4 aromatic rings. The summed E-state index contributed by atoms with van der Waals surface area (Å²) in [6.07, 6.45) is 1.02. The van der Waals surface area contributed by atoms with Gasteiger partial charge < -0.3 is 4.57 Å². The van der Waals surface area contributed by atoms with Gasteiger partial charge in [0.2, 0.25) is 0 Å². The third-order valence-electron chi connectivity index (χ3n) is 5.40. The molecule has 0 radical (unpaired) electrons. The standard InChI is InChI=1S/C25H25FN4OS/c1-4-14-29-17(2)15-22(18(29)3)23(31)16-32-25-28-27-24(19-10-12-20(26)13-11-19)30(25)21-8-6-5-7-9-21/h5-13,15H,4,14,16H2,1-3H3. The lowest BCUT2D eigenvalue weighted by Gasteiger charge is -2.10. The molecule has 0 amide bonds. The Bertz CT molecular complexity index is 1230. The predicted octanol–water partition coefficient (Wildman–Crippen LogP) is 5.88. The van der Waals surface area contributed by atoms with Gasteiger partial charge in [-0.15, -0.1) is 10.2 Å². The van der Waals surface area contributed by atoms with E-state index < -0.39 is 0 Å². The molecule has 0 saturated carbocycles. The summed E-state index contributed by atoms with van der Waals surface area (Å²) < 4.78 is 17.5. The SMILES string of the molecule is CCCn1c(C)cc(C(=O)CSc2nnc(-c3ccc(F)cc3)n2-c2ccccc2)c1C. The van der Waals surface area contributed by atoms with Crippen molar-refractivity contribution in [2.75, 3.05) is 5.75 Å². The van der Waals surface area contributed by atoms with Crippen LogP contribution in [0.15, 0.2) is 65.8 Å². The highest BCUT2D eigenvalue weighted by atomic mass is 32.2. The molecule has 4 rings (SSSR count). The van der Waals surface area contributed by atoms with E-state index in [0.29, 0.717) is 11.0 Å². The highest BCUT2D eigenvalue weighted by Gasteiger charge is 2.20. The monoisotopic (exact) mass is 448 g/mol. The minimum absolute atomic E-state index is 0.0661. The van der Waals surface area contributed by atoms with E-state index in [1.54, 1.807) is 12.1 Å². The summed E-state index contributed by atoms with van der Waals surface area (Å²) >= 11 is 1.36. The van der Waals surface area contributed by atoms with E-state index in [1.807, 2.05) is 54.8 Å². The van der Waals surface area contributed by atoms with Crippen LogP contribution in [-0.2, 0) is 6.54 Å². The maximum atomic E-state index is 13.4. The van der Waals surface area contributed by atoms with Crippen LogP contribution in [0, 0.1) is 19.7 Å². The van der Waals surface area contributed by atoms with E-state index in [-0.39, 0.29) is 17.4 Å². The van der Waals surface area contributed by atoms with Crippen molar-refractivity contribution in [3.63, 3.8) is 0 Å². The van der Waals surface area contributed by atoms with E-state index in [4.69, 9.17) is 0 Å². The first kappa shape index (κ1) is 22.0. The summed E-state index contributed by atoms with van der Waals surface area (Å²) in [4.78, 5) is 13.0. The van der Waals surface area contributed by atoms with Crippen LogP contribution in [0.3, 0.4) is 0 Å². The first-order valence-corrected chi connectivity index (χ1v) is 11.6. The second-order valence-corrected chi connectivity index (χ2v) is 8.57. The molecule has 2 aromatic carbocycles. The van der Waals surface area contributed by atoms with Gasteiger partial charge in [-0.3, -0.25) is 9.36 Å². The second-order valence-electron chi connectivity index (χ2n) is 7.63. The molecular weight excluding hydrogens is 423 g/mol. The van der Waals surface area contributed by atoms with Gasteiger partial charge in [-0.1, -0.05) is 36.9 Å². The van der Waals surface area contributed by atoms with E-state index in [1.165, 1.54) is 23.9 Å². The molecule has 5 nitrogen and oxygen atoms in total. The predicted molar refractivity (Wildman–Crippen MR) is 126 cm³/mol. The Morgan fingerprint density at radius 3 is 2.44 bits per heavy atom. The van der Waals surface area contributed by atoms with Crippen LogP contribution >= 0.6 is 11.8 Å². The normalized spacial score (nSPS) is 11.1. The van der Waals surface area contributed by atoms with Crippen LogP contribution in [0.4, 0.5) is 4.39 Å². The van der Waals surface area contributed by atoms with Crippen LogP contribution < -0.4 is 0 Å². The smallest absolute Gasteiger partial charge is 0.196 e. The van der Waals surface area contributed by atoms with E-state index in [2.05, 4.69) is 21.7 Å². The number of thioether (sulfide) groups is 1. The third-order valence-corrected chi connectivity index (χ3v) is 6.33. The van der Waals surface area contributed by atoms with Crippen LogP contribution in [-0.4, -0.2) is 30.9 Å². The average Bonchev–Trinajstić information content (AvgIpc) is 3.35. The number of aromatic nitrogens is 4. The van der Waals surface area contributed by atoms with Crippen molar-refractivity contribution < 1.29 is 9.18 Å². The quantitative estimate of drug-likeness (QED) is 0.250. The molecule has 0 fully saturated rings. The molecule has 2 aromatic heterocycles. The number of ketones is 1. The Hall–Kier alpha value is -3.19. The second kappa shape index (κ2) is 9.53. The van der Waals surface area contributed by atoms with Crippen molar-refractivity contribution >= 4 is 17.5 Å². The van der Waals surface area contributed by atoms with Crippen molar-refractivity contribution in [3.05, 3.63) is 83.4 Å². The molecule has 0 aliphatic rings. The largest absolute Gasteiger partial charge is 0.348 e. The molecule has 0 bridgehead atoms. The average molecular weight is 449 g/mol. The van der Waals surface area contributed by atoms with Crippen molar-refractivity contribution in [3.8, 4) is 17.1 Å². The zero-order chi connectivity index (χ0) is 22.7. The van der Waals surface area contributed by atoms with Gasteiger partial charge in [0.25, 0.3) is 0 Å². The van der Waals surface area contributed by atoms with Crippen molar-refractivity contribution in [2.45, 2.75) is 38.9 Å². The fourth-order valence-electron chi connectivity index (χ4n) is 3.82. The molecule has 32 heavy (non-hydrogen) atoms. The van der Waals surface area contributed by atoms with E-state index >= 15 is 0 Å². The molecular formula is C25H25FN4OS. The third kappa shape index (κ3) is 4.39. The highest BCUT2D eigenvalue weighted by Crippen LogP contribution is 2.29. The number of para-hydroxylation sites is 1. The number of nitrogens with zero attached hydrogens (tertiary/aromatic N) is 4. The minimum atomic E-state index is -0.305. The first-order chi connectivity index (χ1) is 15.5. The van der Waals surface area contributed by atoms with Gasteiger partial charge >= 0.3 is 0 Å². The molecule has 2 heterocycles. The maximum absolute atomic E-state index is 13.4. The fourth-order valence-corrected chi connectivity index (χ4v) is 4.65. The summed E-state index contributed by atoms with van der Waals surface area (Å²) in [6, 6.07) is 17.9. The Labute approximate surface area is 191 Å². The Morgan fingerprint density at radius 2 is 1.75 bits per heavy atom. The van der Waals surface area contributed by atoms with Gasteiger partial charge in [0.15, 0.2) is 16.8 Å². The number of hydrogen-bond donors (Lipinski definition) is 0. The van der Waals surface area contributed by atoms with Crippen molar-refractivity contribution in [1.29, 1.82) is 0 Å². The van der Waals surface area contributed by atoms with Gasteiger partial charge in [0.1, 0.15) is 5.82 Å². The van der Waals surface area contributed by atoms with Crippen molar-refractivity contribution in [2.24, 2.45) is 0 Å². The van der Waals surface area contributed by atoms with E-state index in [9.17, 15) is 9.18 Å². The molecule has 0 aliphatic heterocycles. The Balaban J connectivity index is 1.64. The summed E-state index contributed by atoms with van der Waals surface area (Å²) in [7, 11) is 0. The van der Waals surface area contributed by atoms with Gasteiger partial charge in [-0.25, -0.2) is 4.39 Å². The summed E-state index contributed by atoms with van der Waals surface area (Å²) in [5, 5.41) is 9.33. The lowest BCUT2D eigenvalue weighted by Crippen LogP contribution is -2.07. The highest BCUT2D eigenvalue weighted by molar-refractivity contribution is 7.99. The van der Waals surface area contributed by atoms with Gasteiger partial charge in [-0.05, 0) is 62.7 Å². The van der Waals surface area contributed by atoms with Crippen LogP contribution in [0.2, 0.25) is 0 Å². The number of halogens is 1.